The summed E-state index contributed by atoms with van der Waals surface area (Å²) in [7, 11) is 0. The number of nitrogens with zero attached hydrogens (tertiary/aromatic N) is 2. The fraction of sp³-hybridized carbons (Fsp3) is 0.357. The number of aromatic nitrogens is 2. The Morgan fingerprint density at radius 3 is 2.72 bits per heavy atom. The minimum Gasteiger partial charge on any atom is -0.388 e. The molecule has 0 radical (unpaired) electrons. The van der Waals surface area contributed by atoms with Crippen LogP contribution in [0.1, 0.15) is 11.6 Å². The van der Waals surface area contributed by atoms with Gasteiger partial charge in [-0.2, -0.15) is 0 Å². The van der Waals surface area contributed by atoms with E-state index in [-0.39, 0.29) is 6.04 Å². The molecule has 0 saturated carbocycles. The molecule has 18 heavy (non-hydrogen) atoms. The third-order valence-electron chi connectivity index (χ3n) is 3.36. The molecule has 1 aromatic carbocycles. The second-order valence-corrected chi connectivity index (χ2v) is 4.70. The van der Waals surface area contributed by atoms with Crippen LogP contribution < -0.4 is 0 Å². The monoisotopic (exact) mass is 244 g/mol. The van der Waals surface area contributed by atoms with Crippen molar-refractivity contribution in [2.24, 2.45) is 0 Å². The molecule has 0 spiro atoms. The number of aryl methyl sites for hydroxylation is 1. The molecule has 2 aromatic rings. The van der Waals surface area contributed by atoms with E-state index in [1.165, 1.54) is 5.56 Å². The van der Waals surface area contributed by atoms with Crippen LogP contribution in [-0.2, 0) is 4.74 Å². The van der Waals surface area contributed by atoms with Gasteiger partial charge in [-0.1, -0.05) is 29.8 Å². The topological polar surface area (TPSA) is 47.3 Å². The summed E-state index contributed by atoms with van der Waals surface area (Å²) in [6.07, 6.45) is 3.21. The summed E-state index contributed by atoms with van der Waals surface area (Å²) in [6, 6.07) is 8.20. The molecule has 0 amide bonds. The first-order valence-corrected chi connectivity index (χ1v) is 6.11. The number of imidazole rings is 1. The van der Waals surface area contributed by atoms with Gasteiger partial charge in [0.2, 0.25) is 0 Å². The van der Waals surface area contributed by atoms with Gasteiger partial charge >= 0.3 is 0 Å². The molecule has 3 rings (SSSR count). The van der Waals surface area contributed by atoms with Gasteiger partial charge in [-0.3, -0.25) is 0 Å². The van der Waals surface area contributed by atoms with Crippen molar-refractivity contribution in [1.29, 1.82) is 0 Å². The molecule has 2 atom stereocenters. The van der Waals surface area contributed by atoms with Crippen molar-refractivity contribution in [1.82, 2.24) is 9.55 Å². The summed E-state index contributed by atoms with van der Waals surface area (Å²) in [6.45, 7) is 3.00. The quantitative estimate of drug-likeness (QED) is 0.876. The van der Waals surface area contributed by atoms with E-state index in [1.807, 2.05) is 10.8 Å². The summed E-state index contributed by atoms with van der Waals surface area (Å²) in [5.74, 6) is 0.879. The zero-order chi connectivity index (χ0) is 12.5. The number of benzene rings is 1. The van der Waals surface area contributed by atoms with Crippen LogP contribution in [0.15, 0.2) is 36.7 Å². The molecule has 4 nitrogen and oxygen atoms in total. The van der Waals surface area contributed by atoms with E-state index < -0.39 is 6.10 Å². The molecule has 1 saturated heterocycles. The lowest BCUT2D eigenvalue weighted by atomic mass is 10.1. The van der Waals surface area contributed by atoms with Crippen LogP contribution in [0.25, 0.3) is 11.4 Å². The highest BCUT2D eigenvalue weighted by Gasteiger charge is 2.29. The molecule has 0 unspecified atom stereocenters. The minimum atomic E-state index is -0.455. The first-order valence-electron chi connectivity index (χ1n) is 6.11. The highest BCUT2D eigenvalue weighted by molar-refractivity contribution is 5.56. The average molecular weight is 244 g/mol. The maximum atomic E-state index is 9.90. The molecule has 94 valence electrons. The molecular formula is C14H16N2O2. The van der Waals surface area contributed by atoms with E-state index >= 15 is 0 Å². The maximum absolute atomic E-state index is 9.90. The predicted octanol–water partition coefficient (Wildman–Crippen LogP) is 1.79. The van der Waals surface area contributed by atoms with E-state index in [2.05, 4.69) is 36.2 Å². The van der Waals surface area contributed by atoms with E-state index in [9.17, 15) is 5.11 Å². The zero-order valence-corrected chi connectivity index (χ0v) is 10.3. The highest BCUT2D eigenvalue weighted by atomic mass is 16.5. The minimum absolute atomic E-state index is 0.0381. The van der Waals surface area contributed by atoms with Crippen LogP contribution >= 0.6 is 0 Å². The number of ether oxygens (including phenoxy) is 1. The molecule has 1 aliphatic rings. The molecule has 4 heteroatoms. The van der Waals surface area contributed by atoms with Crippen LogP contribution in [0.2, 0.25) is 0 Å². The largest absolute Gasteiger partial charge is 0.388 e. The van der Waals surface area contributed by atoms with Gasteiger partial charge in [-0.25, -0.2) is 4.98 Å². The highest BCUT2D eigenvalue weighted by Crippen LogP contribution is 2.26. The van der Waals surface area contributed by atoms with Gasteiger partial charge in [0, 0.05) is 18.0 Å². The third kappa shape index (κ3) is 1.94. The number of aliphatic hydroxyl groups excluding tert-OH is 1. The summed E-state index contributed by atoms with van der Waals surface area (Å²) < 4.78 is 7.31. The number of aliphatic hydroxyl groups is 1. The SMILES string of the molecule is Cc1ccc(-c2nccn2[C@H]2COC[C@H]2O)cc1. The summed E-state index contributed by atoms with van der Waals surface area (Å²) in [4.78, 5) is 4.39. The number of hydrogen-bond donors (Lipinski definition) is 1. The molecular weight excluding hydrogens is 228 g/mol. The van der Waals surface area contributed by atoms with Crippen molar-refractivity contribution in [3.63, 3.8) is 0 Å². The molecule has 1 fully saturated rings. The summed E-state index contributed by atoms with van der Waals surface area (Å²) in [5.41, 5.74) is 2.28. The van der Waals surface area contributed by atoms with Crippen LogP contribution in [-0.4, -0.2) is 34.0 Å². The second-order valence-electron chi connectivity index (χ2n) is 4.70. The fourth-order valence-electron chi connectivity index (χ4n) is 2.30. The van der Waals surface area contributed by atoms with E-state index in [0.29, 0.717) is 13.2 Å². The molecule has 2 heterocycles. The van der Waals surface area contributed by atoms with Gasteiger partial charge in [-0.05, 0) is 6.92 Å². The number of rotatable bonds is 2. The van der Waals surface area contributed by atoms with Gasteiger partial charge < -0.3 is 14.4 Å². The molecule has 1 aliphatic heterocycles. The van der Waals surface area contributed by atoms with Gasteiger partial charge in [0.25, 0.3) is 0 Å². The molecule has 1 N–H and O–H groups in total. The number of hydrogen-bond acceptors (Lipinski definition) is 3. The Morgan fingerprint density at radius 1 is 1.28 bits per heavy atom. The van der Waals surface area contributed by atoms with E-state index in [4.69, 9.17) is 4.74 Å². The van der Waals surface area contributed by atoms with Crippen molar-refractivity contribution >= 4 is 0 Å². The Bertz CT molecular complexity index is 533. The van der Waals surface area contributed by atoms with Crippen molar-refractivity contribution in [2.75, 3.05) is 13.2 Å². The van der Waals surface area contributed by atoms with Crippen LogP contribution in [0.5, 0.6) is 0 Å². The third-order valence-corrected chi connectivity index (χ3v) is 3.36. The Hall–Kier alpha value is -1.65. The van der Waals surface area contributed by atoms with Crippen molar-refractivity contribution < 1.29 is 9.84 Å². The van der Waals surface area contributed by atoms with Crippen LogP contribution in [0.3, 0.4) is 0 Å². The Morgan fingerprint density at radius 2 is 2.06 bits per heavy atom. The van der Waals surface area contributed by atoms with Crippen molar-refractivity contribution in [3.8, 4) is 11.4 Å². The average Bonchev–Trinajstić information content (AvgIpc) is 2.98. The lowest BCUT2D eigenvalue weighted by Crippen LogP contribution is -2.22. The van der Waals surface area contributed by atoms with Gasteiger partial charge in [0.05, 0.1) is 19.3 Å². The lowest BCUT2D eigenvalue weighted by molar-refractivity contribution is 0.119. The van der Waals surface area contributed by atoms with Gasteiger partial charge in [0.15, 0.2) is 0 Å². The van der Waals surface area contributed by atoms with Crippen LogP contribution in [0, 0.1) is 6.92 Å². The maximum Gasteiger partial charge on any atom is 0.140 e. The first-order chi connectivity index (χ1) is 8.75. The fourth-order valence-corrected chi connectivity index (χ4v) is 2.30. The van der Waals surface area contributed by atoms with Crippen LogP contribution in [0.4, 0.5) is 0 Å². The van der Waals surface area contributed by atoms with Crippen molar-refractivity contribution in [3.05, 3.63) is 42.2 Å². The Labute approximate surface area is 106 Å². The predicted molar refractivity (Wildman–Crippen MR) is 68.3 cm³/mol. The normalized spacial score (nSPS) is 23.4. The molecule has 0 bridgehead atoms. The first kappa shape index (κ1) is 11.4. The van der Waals surface area contributed by atoms with Crippen molar-refractivity contribution in [2.45, 2.75) is 19.1 Å². The second kappa shape index (κ2) is 4.55. The summed E-state index contributed by atoms with van der Waals surface area (Å²) >= 11 is 0. The zero-order valence-electron chi connectivity index (χ0n) is 10.3. The summed E-state index contributed by atoms with van der Waals surface area (Å²) in [5, 5.41) is 9.90. The standard InChI is InChI=1S/C14H16N2O2/c1-10-2-4-11(5-3-10)14-15-6-7-16(14)12-8-18-9-13(12)17/h2-7,12-13,17H,8-9H2,1H3/t12-,13+/m0/s1. The Kier molecular flexibility index (Phi) is 2.89. The smallest absolute Gasteiger partial charge is 0.140 e. The Balaban J connectivity index is 1.98. The van der Waals surface area contributed by atoms with E-state index in [1.54, 1.807) is 6.20 Å². The molecule has 0 aliphatic carbocycles. The van der Waals surface area contributed by atoms with E-state index in [0.717, 1.165) is 11.4 Å². The van der Waals surface area contributed by atoms with Gasteiger partial charge in [-0.15, -0.1) is 0 Å². The molecule has 1 aromatic heterocycles. The van der Waals surface area contributed by atoms with Gasteiger partial charge in [0.1, 0.15) is 11.9 Å². The lowest BCUT2D eigenvalue weighted by Gasteiger charge is -2.17.